The number of likely N-dealkylation sites (N-methyl/N-ethyl adjacent to an activating group) is 1. The summed E-state index contributed by atoms with van der Waals surface area (Å²) >= 11 is 0. The van der Waals surface area contributed by atoms with Gasteiger partial charge in [0.05, 0.1) is 7.05 Å². The van der Waals surface area contributed by atoms with Crippen molar-refractivity contribution in [2.45, 2.75) is 32.2 Å². The average Bonchev–Trinajstić information content (AvgIpc) is 3.22. The lowest BCUT2D eigenvalue weighted by Crippen LogP contribution is -3.11. The molecule has 0 saturated heterocycles. The van der Waals surface area contributed by atoms with Gasteiger partial charge in [-0.1, -0.05) is 19.1 Å². The molecule has 1 unspecified atom stereocenters. The maximum atomic E-state index is 11.9. The molecule has 1 fully saturated rings. The van der Waals surface area contributed by atoms with Gasteiger partial charge in [-0.05, 0) is 37.0 Å². The van der Waals surface area contributed by atoms with Crippen LogP contribution in [0.15, 0.2) is 24.3 Å². The molecule has 1 atom stereocenters. The maximum Gasteiger partial charge on any atom is 0.279 e. The van der Waals surface area contributed by atoms with Gasteiger partial charge in [0.25, 0.3) is 11.8 Å². The van der Waals surface area contributed by atoms with Gasteiger partial charge in [0, 0.05) is 11.7 Å². The lowest BCUT2D eigenvalue weighted by atomic mass is 10.1. The van der Waals surface area contributed by atoms with Gasteiger partial charge in [-0.25, -0.2) is 0 Å². The van der Waals surface area contributed by atoms with Gasteiger partial charge in [-0.15, -0.1) is 0 Å². The minimum absolute atomic E-state index is 0.0232. The van der Waals surface area contributed by atoms with Crippen molar-refractivity contribution in [3.63, 3.8) is 0 Å². The van der Waals surface area contributed by atoms with E-state index in [1.165, 1.54) is 5.56 Å². The Morgan fingerprint density at radius 3 is 2.33 bits per heavy atom. The molecule has 1 saturated carbocycles. The van der Waals surface area contributed by atoms with Crippen molar-refractivity contribution >= 4 is 17.5 Å². The molecule has 0 aromatic heterocycles. The van der Waals surface area contributed by atoms with Gasteiger partial charge < -0.3 is 15.5 Å². The minimum Gasteiger partial charge on any atom is -0.348 e. The van der Waals surface area contributed by atoms with E-state index in [4.69, 9.17) is 0 Å². The second-order valence-corrected chi connectivity index (χ2v) is 5.75. The molecule has 1 aromatic rings. The Morgan fingerprint density at radius 1 is 1.14 bits per heavy atom. The number of hydrogen-bond donors (Lipinski definition) is 3. The smallest absolute Gasteiger partial charge is 0.279 e. The third-order valence-electron chi connectivity index (χ3n) is 3.51. The summed E-state index contributed by atoms with van der Waals surface area (Å²) in [5, 5.41) is 5.79. The number of quaternary nitrogens is 1. The van der Waals surface area contributed by atoms with Crippen molar-refractivity contribution in [1.29, 1.82) is 0 Å². The van der Waals surface area contributed by atoms with Crippen LogP contribution in [0.25, 0.3) is 0 Å². The fourth-order valence-corrected chi connectivity index (χ4v) is 2.15. The number of aryl methyl sites for hydroxylation is 1. The summed E-state index contributed by atoms with van der Waals surface area (Å²) < 4.78 is 0. The molecule has 5 nitrogen and oxygen atoms in total. The molecule has 2 amide bonds. The molecule has 1 aliphatic rings. The van der Waals surface area contributed by atoms with Crippen molar-refractivity contribution < 1.29 is 14.5 Å². The van der Waals surface area contributed by atoms with E-state index in [0.717, 1.165) is 29.8 Å². The van der Waals surface area contributed by atoms with Gasteiger partial charge in [-0.2, -0.15) is 0 Å². The van der Waals surface area contributed by atoms with Gasteiger partial charge in [0.15, 0.2) is 13.1 Å². The van der Waals surface area contributed by atoms with E-state index in [9.17, 15) is 9.59 Å². The van der Waals surface area contributed by atoms with Crippen molar-refractivity contribution in [2.75, 3.05) is 25.5 Å². The molecule has 5 heteroatoms. The van der Waals surface area contributed by atoms with Crippen LogP contribution in [-0.2, 0) is 16.0 Å². The van der Waals surface area contributed by atoms with Crippen LogP contribution in [0.5, 0.6) is 0 Å². The van der Waals surface area contributed by atoms with E-state index in [1.54, 1.807) is 0 Å². The van der Waals surface area contributed by atoms with E-state index in [2.05, 4.69) is 17.6 Å². The SMILES string of the molecule is CCc1ccc(NC(=O)C[NH+](C)CC(=O)NC2CC2)cc1. The van der Waals surface area contributed by atoms with Crippen LogP contribution < -0.4 is 15.5 Å². The first kappa shape index (κ1) is 15.5. The Kier molecular flexibility index (Phi) is 5.33. The number of nitrogens with one attached hydrogen (secondary N) is 3. The largest absolute Gasteiger partial charge is 0.348 e. The molecule has 1 aliphatic carbocycles. The number of carbonyl (C=O) groups excluding carboxylic acids is 2. The first-order valence-electron chi connectivity index (χ1n) is 7.56. The predicted octanol–water partition coefficient (Wildman–Crippen LogP) is -0.0192. The van der Waals surface area contributed by atoms with Crippen LogP contribution in [0.1, 0.15) is 25.3 Å². The molecule has 1 aromatic carbocycles. The highest BCUT2D eigenvalue weighted by atomic mass is 16.2. The van der Waals surface area contributed by atoms with E-state index in [-0.39, 0.29) is 18.4 Å². The predicted molar refractivity (Wildman–Crippen MR) is 82.2 cm³/mol. The van der Waals surface area contributed by atoms with E-state index >= 15 is 0 Å². The highest BCUT2D eigenvalue weighted by molar-refractivity contribution is 5.91. The van der Waals surface area contributed by atoms with Crippen LogP contribution in [-0.4, -0.2) is 38.0 Å². The molecule has 0 radical (unpaired) electrons. The molecular formula is C16H24N3O2+. The second-order valence-electron chi connectivity index (χ2n) is 5.75. The molecule has 21 heavy (non-hydrogen) atoms. The third-order valence-corrected chi connectivity index (χ3v) is 3.51. The third kappa shape index (κ3) is 5.55. The number of hydrogen-bond acceptors (Lipinski definition) is 2. The highest BCUT2D eigenvalue weighted by Crippen LogP contribution is 2.17. The summed E-state index contributed by atoms with van der Waals surface area (Å²) in [4.78, 5) is 24.5. The topological polar surface area (TPSA) is 62.6 Å². The van der Waals surface area contributed by atoms with Crippen LogP contribution in [0.3, 0.4) is 0 Å². The second kappa shape index (κ2) is 7.22. The fourth-order valence-electron chi connectivity index (χ4n) is 2.15. The van der Waals surface area contributed by atoms with Gasteiger partial charge in [-0.3, -0.25) is 9.59 Å². The van der Waals surface area contributed by atoms with E-state index in [1.807, 2.05) is 31.3 Å². The summed E-state index contributed by atoms with van der Waals surface area (Å²) in [5.41, 5.74) is 2.04. The van der Waals surface area contributed by atoms with Crippen molar-refractivity contribution in [3.05, 3.63) is 29.8 Å². The van der Waals surface area contributed by atoms with Gasteiger partial charge in [0.2, 0.25) is 0 Å². The molecule has 3 N–H and O–H groups in total. The Labute approximate surface area is 125 Å². The Balaban J connectivity index is 1.73. The Hall–Kier alpha value is -1.88. The van der Waals surface area contributed by atoms with Crippen LogP contribution in [0.4, 0.5) is 5.69 Å². The molecule has 0 heterocycles. The maximum absolute atomic E-state index is 11.9. The zero-order valence-corrected chi connectivity index (χ0v) is 12.7. The quantitative estimate of drug-likeness (QED) is 0.661. The molecular weight excluding hydrogens is 266 g/mol. The number of rotatable bonds is 7. The molecule has 2 rings (SSSR count). The Morgan fingerprint density at radius 2 is 1.76 bits per heavy atom. The number of carbonyl (C=O) groups is 2. The van der Waals surface area contributed by atoms with Gasteiger partial charge >= 0.3 is 0 Å². The summed E-state index contributed by atoms with van der Waals surface area (Å²) in [7, 11) is 1.85. The fraction of sp³-hybridized carbons (Fsp3) is 0.500. The van der Waals surface area contributed by atoms with Crippen molar-refractivity contribution in [2.24, 2.45) is 0 Å². The lowest BCUT2D eigenvalue weighted by molar-refractivity contribution is -0.862. The van der Waals surface area contributed by atoms with Crippen LogP contribution in [0.2, 0.25) is 0 Å². The highest BCUT2D eigenvalue weighted by Gasteiger charge is 2.24. The molecule has 0 spiro atoms. The van der Waals surface area contributed by atoms with Crippen molar-refractivity contribution in [3.8, 4) is 0 Å². The van der Waals surface area contributed by atoms with E-state index < -0.39 is 0 Å². The summed E-state index contributed by atoms with van der Waals surface area (Å²) in [6.07, 6.45) is 3.15. The molecule has 0 bridgehead atoms. The minimum atomic E-state index is -0.0732. The first-order chi connectivity index (χ1) is 10.1. The van der Waals surface area contributed by atoms with Gasteiger partial charge in [0.1, 0.15) is 0 Å². The monoisotopic (exact) mass is 290 g/mol. The number of amides is 2. The summed E-state index contributed by atoms with van der Waals surface area (Å²) in [6, 6.07) is 8.21. The van der Waals surface area contributed by atoms with E-state index in [0.29, 0.717) is 12.6 Å². The van der Waals surface area contributed by atoms with Crippen molar-refractivity contribution in [1.82, 2.24) is 5.32 Å². The Bertz CT molecular complexity index is 495. The lowest BCUT2D eigenvalue weighted by Gasteiger charge is -2.13. The number of anilines is 1. The standard InChI is InChI=1S/C16H23N3O2/c1-3-12-4-6-13(7-5-12)17-15(20)10-19(2)11-16(21)18-14-8-9-14/h4-7,14H,3,8-11H2,1-2H3,(H,17,20)(H,18,21)/p+1. The zero-order valence-electron chi connectivity index (χ0n) is 12.7. The molecule has 114 valence electrons. The zero-order chi connectivity index (χ0) is 15.2. The summed E-state index contributed by atoms with van der Waals surface area (Å²) in [6.45, 7) is 2.71. The van der Waals surface area contributed by atoms with Crippen LogP contribution in [0, 0.1) is 0 Å². The summed E-state index contributed by atoms with van der Waals surface area (Å²) in [5.74, 6) is -0.0499. The number of benzene rings is 1. The molecule has 0 aliphatic heterocycles. The average molecular weight is 290 g/mol. The normalized spacial score (nSPS) is 15.3. The van der Waals surface area contributed by atoms with Crippen LogP contribution >= 0.6 is 0 Å². The first-order valence-corrected chi connectivity index (χ1v) is 7.56.